The van der Waals surface area contributed by atoms with E-state index >= 15 is 0 Å². The van der Waals surface area contributed by atoms with Crippen molar-refractivity contribution in [2.24, 2.45) is 17.3 Å². The predicted molar refractivity (Wildman–Crippen MR) is 80.7 cm³/mol. The van der Waals surface area contributed by atoms with E-state index in [9.17, 15) is 5.11 Å². The van der Waals surface area contributed by atoms with E-state index in [4.69, 9.17) is 5.11 Å². The van der Waals surface area contributed by atoms with Crippen molar-refractivity contribution >= 4 is 0 Å². The van der Waals surface area contributed by atoms with Gasteiger partial charge >= 0.3 is 0 Å². The smallest absolute Gasteiger partial charge is 0.0487 e. The van der Waals surface area contributed by atoms with Crippen molar-refractivity contribution in [2.45, 2.75) is 73.6 Å². The second kappa shape index (κ2) is 12.0. The van der Waals surface area contributed by atoms with Crippen molar-refractivity contribution in [1.29, 1.82) is 0 Å². The van der Waals surface area contributed by atoms with Gasteiger partial charge in [-0.15, -0.1) is 0 Å². The number of aliphatic hydroxyl groups is 2. The highest BCUT2D eigenvalue weighted by Crippen LogP contribution is 2.32. The van der Waals surface area contributed by atoms with Crippen LogP contribution in [0.4, 0.5) is 0 Å². The lowest BCUT2D eigenvalue weighted by molar-refractivity contribution is 0.0916. The van der Waals surface area contributed by atoms with Crippen molar-refractivity contribution in [2.75, 3.05) is 13.2 Å². The highest BCUT2D eigenvalue weighted by atomic mass is 16.3. The van der Waals surface area contributed by atoms with E-state index in [0.29, 0.717) is 19.1 Å². The molecule has 0 radical (unpaired) electrons. The Hall–Kier alpha value is -0.0800. The maximum absolute atomic E-state index is 9.23. The first-order chi connectivity index (χ1) is 8.37. The molecule has 0 aromatic carbocycles. The summed E-state index contributed by atoms with van der Waals surface area (Å²) >= 11 is 0. The van der Waals surface area contributed by atoms with E-state index in [-0.39, 0.29) is 5.41 Å². The molecular weight excluding hydrogens is 224 g/mol. The van der Waals surface area contributed by atoms with Crippen LogP contribution in [0.15, 0.2) is 0 Å². The van der Waals surface area contributed by atoms with Crippen LogP contribution in [0.3, 0.4) is 0 Å². The van der Waals surface area contributed by atoms with Crippen LogP contribution in [0.1, 0.15) is 73.6 Å². The molecule has 0 atom stereocenters. The highest BCUT2D eigenvalue weighted by molar-refractivity contribution is 4.76. The Balaban J connectivity index is 0. The fraction of sp³-hybridized carbons (Fsp3) is 1.00. The lowest BCUT2D eigenvalue weighted by Gasteiger charge is -2.31. The Kier molecular flexibility index (Phi) is 13.5. The van der Waals surface area contributed by atoms with Gasteiger partial charge in [-0.25, -0.2) is 0 Å². The number of rotatable bonds is 8. The van der Waals surface area contributed by atoms with E-state index < -0.39 is 0 Å². The van der Waals surface area contributed by atoms with Crippen molar-refractivity contribution < 1.29 is 10.2 Å². The molecule has 0 fully saturated rings. The van der Waals surface area contributed by atoms with Gasteiger partial charge in [0.05, 0.1) is 0 Å². The van der Waals surface area contributed by atoms with Gasteiger partial charge in [-0.3, -0.25) is 0 Å². The summed E-state index contributed by atoms with van der Waals surface area (Å²) in [7, 11) is 0. The normalized spacial score (nSPS) is 11.7. The summed E-state index contributed by atoms with van der Waals surface area (Å²) in [6.45, 7) is 13.8. The molecule has 0 amide bonds. The molecule has 2 N–H and O–H groups in total. The summed E-state index contributed by atoms with van der Waals surface area (Å²) < 4.78 is 0. The zero-order chi connectivity index (χ0) is 14.6. The lowest BCUT2D eigenvalue weighted by Crippen LogP contribution is -2.25. The maximum atomic E-state index is 9.23. The van der Waals surface area contributed by atoms with Crippen molar-refractivity contribution in [3.8, 4) is 0 Å². The van der Waals surface area contributed by atoms with Crippen LogP contribution in [0.25, 0.3) is 0 Å². The maximum Gasteiger partial charge on any atom is 0.0487 e. The van der Waals surface area contributed by atoms with Gasteiger partial charge in [-0.1, -0.05) is 41.5 Å². The van der Waals surface area contributed by atoms with Gasteiger partial charge < -0.3 is 10.2 Å². The van der Waals surface area contributed by atoms with Crippen molar-refractivity contribution in [3.63, 3.8) is 0 Å². The Bertz CT molecular complexity index is 152. The molecule has 0 bridgehead atoms. The first-order valence-electron chi connectivity index (χ1n) is 7.59. The number of hydrogen-bond donors (Lipinski definition) is 2. The molecule has 0 aromatic rings. The summed E-state index contributed by atoms with van der Waals surface area (Å²) in [5, 5.41) is 17.5. The first-order valence-corrected chi connectivity index (χ1v) is 7.59. The third kappa shape index (κ3) is 11.0. The summed E-state index contributed by atoms with van der Waals surface area (Å²) in [6.07, 6.45) is 5.45. The summed E-state index contributed by atoms with van der Waals surface area (Å²) in [5.41, 5.74) is 0.203. The Morgan fingerprint density at radius 1 is 0.889 bits per heavy atom. The van der Waals surface area contributed by atoms with E-state index in [0.717, 1.165) is 38.0 Å². The third-order valence-corrected chi connectivity index (χ3v) is 3.62. The first kappa shape index (κ1) is 20.2. The van der Waals surface area contributed by atoms with Crippen LogP contribution >= 0.6 is 0 Å². The fourth-order valence-electron chi connectivity index (χ4n) is 2.19. The molecular formula is C16H36O2. The molecule has 0 aliphatic heterocycles. The molecule has 0 aliphatic rings. The van der Waals surface area contributed by atoms with E-state index in [2.05, 4.69) is 41.5 Å². The summed E-state index contributed by atoms with van der Waals surface area (Å²) in [6, 6.07) is 0. The van der Waals surface area contributed by atoms with Crippen molar-refractivity contribution in [3.05, 3.63) is 0 Å². The van der Waals surface area contributed by atoms with Crippen LogP contribution < -0.4 is 0 Å². The molecule has 0 spiro atoms. The molecule has 0 unspecified atom stereocenters. The monoisotopic (exact) mass is 260 g/mol. The topological polar surface area (TPSA) is 40.5 Å². The largest absolute Gasteiger partial charge is 0.396 e. The minimum absolute atomic E-state index is 0.203. The second-order valence-corrected chi connectivity index (χ2v) is 6.22. The highest BCUT2D eigenvalue weighted by Gasteiger charge is 2.25. The third-order valence-electron chi connectivity index (χ3n) is 3.62. The summed E-state index contributed by atoms with van der Waals surface area (Å²) in [4.78, 5) is 0. The molecule has 0 aromatic heterocycles. The Labute approximate surface area is 115 Å². The zero-order valence-corrected chi connectivity index (χ0v) is 13.5. The van der Waals surface area contributed by atoms with Gasteiger partial charge in [0, 0.05) is 13.2 Å². The minimum Gasteiger partial charge on any atom is -0.396 e. The molecule has 0 saturated carbocycles. The van der Waals surface area contributed by atoms with Crippen LogP contribution in [0, 0.1) is 17.3 Å². The average Bonchev–Trinajstić information content (AvgIpc) is 2.34. The van der Waals surface area contributed by atoms with E-state index in [1.54, 1.807) is 0 Å². The Morgan fingerprint density at radius 2 is 1.39 bits per heavy atom. The molecule has 2 heteroatoms. The SMILES string of the molecule is CC(C)CCCO.CCC(CC)(CO)CC(C)C. The van der Waals surface area contributed by atoms with Crippen LogP contribution in [0.5, 0.6) is 0 Å². The minimum atomic E-state index is 0.203. The standard InChI is InChI=1S/C10H22O.C6H14O/c1-5-10(6-2,8-11)7-9(3)4;1-6(2)4-3-5-7/h9,11H,5-8H2,1-4H3;6-7H,3-5H2,1-2H3. The van der Waals surface area contributed by atoms with Crippen LogP contribution in [0.2, 0.25) is 0 Å². The van der Waals surface area contributed by atoms with E-state index in [1.807, 2.05) is 0 Å². The van der Waals surface area contributed by atoms with E-state index in [1.165, 1.54) is 0 Å². The Morgan fingerprint density at radius 3 is 1.50 bits per heavy atom. The van der Waals surface area contributed by atoms with Gasteiger partial charge in [-0.05, 0) is 49.4 Å². The molecule has 0 saturated heterocycles. The lowest BCUT2D eigenvalue weighted by atomic mass is 9.76. The zero-order valence-electron chi connectivity index (χ0n) is 13.5. The fourth-order valence-corrected chi connectivity index (χ4v) is 2.19. The van der Waals surface area contributed by atoms with Crippen molar-refractivity contribution in [1.82, 2.24) is 0 Å². The average molecular weight is 260 g/mol. The second-order valence-electron chi connectivity index (χ2n) is 6.22. The van der Waals surface area contributed by atoms with Gasteiger partial charge in [0.2, 0.25) is 0 Å². The molecule has 0 aliphatic carbocycles. The molecule has 112 valence electrons. The molecule has 2 nitrogen and oxygen atoms in total. The van der Waals surface area contributed by atoms with Gasteiger partial charge in [0.25, 0.3) is 0 Å². The number of aliphatic hydroxyl groups excluding tert-OH is 2. The quantitative estimate of drug-likeness (QED) is 0.685. The van der Waals surface area contributed by atoms with Gasteiger partial charge in [0.15, 0.2) is 0 Å². The summed E-state index contributed by atoms with van der Waals surface area (Å²) in [5.74, 6) is 1.44. The van der Waals surface area contributed by atoms with Crippen LogP contribution in [-0.4, -0.2) is 23.4 Å². The molecule has 18 heavy (non-hydrogen) atoms. The van der Waals surface area contributed by atoms with Crippen LogP contribution in [-0.2, 0) is 0 Å². The number of hydrogen-bond acceptors (Lipinski definition) is 2. The predicted octanol–water partition coefficient (Wildman–Crippen LogP) is 4.25. The van der Waals surface area contributed by atoms with Gasteiger partial charge in [0.1, 0.15) is 0 Å². The molecule has 0 rings (SSSR count). The van der Waals surface area contributed by atoms with Gasteiger partial charge in [-0.2, -0.15) is 0 Å². The molecule has 0 heterocycles.